The molecular weight excluding hydrogens is 258 g/mol. The van der Waals surface area contributed by atoms with Crippen LogP contribution in [0.2, 0.25) is 0 Å². The highest BCUT2D eigenvalue weighted by molar-refractivity contribution is 5.84. The van der Waals surface area contributed by atoms with Crippen LogP contribution in [0.3, 0.4) is 0 Å². The number of aromatic nitrogens is 1. The molecule has 1 saturated heterocycles. The van der Waals surface area contributed by atoms with E-state index in [0.29, 0.717) is 6.04 Å². The molecule has 3 rings (SSSR count). The Balaban J connectivity index is 1.78. The number of nitrogens with zero attached hydrogens (tertiary/aromatic N) is 2. The number of likely N-dealkylation sites (tertiary alicyclic amines) is 1. The Kier molecular flexibility index (Phi) is 4.11. The average molecular weight is 283 g/mol. The van der Waals surface area contributed by atoms with Crippen molar-refractivity contribution in [1.82, 2.24) is 9.88 Å². The highest BCUT2D eigenvalue weighted by Crippen LogP contribution is 2.22. The van der Waals surface area contributed by atoms with E-state index in [9.17, 15) is 0 Å². The fraction of sp³-hybridized carbons (Fsp3) is 0.500. The number of pyridine rings is 1. The molecule has 0 spiro atoms. The Labute approximate surface area is 127 Å². The summed E-state index contributed by atoms with van der Waals surface area (Å²) in [5, 5.41) is 4.80. The highest BCUT2D eigenvalue weighted by Gasteiger charge is 2.22. The first kappa shape index (κ1) is 14.3. The lowest BCUT2D eigenvalue weighted by molar-refractivity contribution is 0.277. The minimum atomic E-state index is 0.658. The van der Waals surface area contributed by atoms with E-state index in [1.807, 2.05) is 0 Å². The molecule has 0 saturated carbocycles. The summed E-state index contributed by atoms with van der Waals surface area (Å²) in [5.74, 6) is 1.01. The Hall–Kier alpha value is -1.61. The first-order valence-corrected chi connectivity index (χ1v) is 8.03. The molecule has 21 heavy (non-hydrogen) atoms. The number of hydrogen-bond donors (Lipinski definition) is 1. The average Bonchev–Trinajstić information content (AvgIpc) is 2.92. The van der Waals surface area contributed by atoms with Crippen molar-refractivity contribution >= 4 is 16.7 Å². The molecule has 112 valence electrons. The van der Waals surface area contributed by atoms with Gasteiger partial charge in [0.15, 0.2) is 0 Å². The van der Waals surface area contributed by atoms with E-state index in [0.717, 1.165) is 24.4 Å². The normalized spacial score (nSPS) is 19.3. The van der Waals surface area contributed by atoms with Gasteiger partial charge in [0.25, 0.3) is 0 Å². The monoisotopic (exact) mass is 283 g/mol. The summed E-state index contributed by atoms with van der Waals surface area (Å²) in [6.45, 7) is 9.92. The van der Waals surface area contributed by atoms with Gasteiger partial charge in [-0.2, -0.15) is 0 Å². The molecule has 1 fully saturated rings. The lowest BCUT2D eigenvalue weighted by Gasteiger charge is -2.23. The van der Waals surface area contributed by atoms with Crippen LogP contribution >= 0.6 is 0 Å². The van der Waals surface area contributed by atoms with E-state index >= 15 is 0 Å². The van der Waals surface area contributed by atoms with Crippen molar-refractivity contribution in [3.8, 4) is 0 Å². The molecule has 1 aromatic carbocycles. The maximum Gasteiger partial charge on any atom is 0.126 e. The largest absolute Gasteiger partial charge is 0.368 e. The van der Waals surface area contributed by atoms with Crippen LogP contribution in [0.1, 0.15) is 30.9 Å². The summed E-state index contributed by atoms with van der Waals surface area (Å²) in [5.41, 5.74) is 3.65. The smallest absolute Gasteiger partial charge is 0.126 e. The molecule has 1 N–H and O–H groups in total. The van der Waals surface area contributed by atoms with Gasteiger partial charge in [-0.1, -0.05) is 19.1 Å². The SMILES string of the molecule is CCN1CCCC1CNc1cc(C)c2ccc(C)cc2n1. The van der Waals surface area contributed by atoms with Crippen molar-refractivity contribution < 1.29 is 0 Å². The standard InChI is InChI=1S/C18H25N3/c1-4-21-9-5-6-15(21)12-19-18-11-14(3)16-8-7-13(2)10-17(16)20-18/h7-8,10-11,15H,4-6,9,12H2,1-3H3,(H,19,20). The first-order valence-electron chi connectivity index (χ1n) is 8.03. The number of hydrogen-bond acceptors (Lipinski definition) is 3. The molecule has 1 aliphatic rings. The fourth-order valence-electron chi connectivity index (χ4n) is 3.37. The summed E-state index contributed by atoms with van der Waals surface area (Å²) < 4.78 is 0. The van der Waals surface area contributed by atoms with Gasteiger partial charge in [-0.15, -0.1) is 0 Å². The predicted molar refractivity (Wildman–Crippen MR) is 90.0 cm³/mol. The quantitative estimate of drug-likeness (QED) is 0.926. The number of benzene rings is 1. The minimum absolute atomic E-state index is 0.658. The minimum Gasteiger partial charge on any atom is -0.368 e. The third-order valence-corrected chi connectivity index (χ3v) is 4.60. The number of aryl methyl sites for hydroxylation is 2. The second-order valence-corrected chi connectivity index (χ2v) is 6.15. The number of nitrogens with one attached hydrogen (secondary N) is 1. The molecule has 2 heterocycles. The molecule has 1 aliphatic heterocycles. The van der Waals surface area contributed by atoms with Crippen molar-refractivity contribution in [3.05, 3.63) is 35.4 Å². The van der Waals surface area contributed by atoms with Crippen LogP contribution in [0.5, 0.6) is 0 Å². The number of anilines is 1. The zero-order chi connectivity index (χ0) is 14.8. The molecule has 0 aliphatic carbocycles. The Morgan fingerprint density at radius 3 is 2.95 bits per heavy atom. The number of rotatable bonds is 4. The highest BCUT2D eigenvalue weighted by atomic mass is 15.2. The molecule has 0 bridgehead atoms. The van der Waals surface area contributed by atoms with Gasteiger partial charge in [0.1, 0.15) is 5.82 Å². The molecule has 2 aromatic rings. The van der Waals surface area contributed by atoms with Gasteiger partial charge in [-0.25, -0.2) is 4.98 Å². The summed E-state index contributed by atoms with van der Waals surface area (Å²) >= 11 is 0. The van der Waals surface area contributed by atoms with E-state index in [4.69, 9.17) is 4.98 Å². The number of likely N-dealkylation sites (N-methyl/N-ethyl adjacent to an activating group) is 1. The molecule has 3 heteroatoms. The van der Waals surface area contributed by atoms with Crippen molar-refractivity contribution in [3.63, 3.8) is 0 Å². The summed E-state index contributed by atoms with van der Waals surface area (Å²) in [6, 6.07) is 9.32. The Morgan fingerprint density at radius 2 is 2.14 bits per heavy atom. The van der Waals surface area contributed by atoms with Gasteiger partial charge in [0, 0.05) is 18.0 Å². The van der Waals surface area contributed by atoms with Gasteiger partial charge in [0.2, 0.25) is 0 Å². The second kappa shape index (κ2) is 6.02. The first-order chi connectivity index (χ1) is 10.2. The van der Waals surface area contributed by atoms with E-state index in [-0.39, 0.29) is 0 Å². The molecular formula is C18H25N3. The second-order valence-electron chi connectivity index (χ2n) is 6.15. The van der Waals surface area contributed by atoms with Crippen LogP contribution in [0.15, 0.2) is 24.3 Å². The van der Waals surface area contributed by atoms with Crippen molar-refractivity contribution in [2.45, 2.75) is 39.7 Å². The van der Waals surface area contributed by atoms with Gasteiger partial charge in [0.05, 0.1) is 5.52 Å². The molecule has 1 atom stereocenters. The summed E-state index contributed by atoms with van der Waals surface area (Å²) in [4.78, 5) is 7.34. The van der Waals surface area contributed by atoms with Crippen LogP contribution in [0.25, 0.3) is 10.9 Å². The van der Waals surface area contributed by atoms with E-state index < -0.39 is 0 Å². The lowest BCUT2D eigenvalue weighted by Crippen LogP contribution is -2.34. The zero-order valence-electron chi connectivity index (χ0n) is 13.3. The Morgan fingerprint density at radius 1 is 1.29 bits per heavy atom. The van der Waals surface area contributed by atoms with Crippen LogP contribution in [-0.4, -0.2) is 35.6 Å². The lowest BCUT2D eigenvalue weighted by atomic mass is 10.1. The molecule has 1 aromatic heterocycles. The van der Waals surface area contributed by atoms with Gasteiger partial charge in [-0.05, 0) is 63.0 Å². The maximum absolute atomic E-state index is 4.78. The topological polar surface area (TPSA) is 28.2 Å². The van der Waals surface area contributed by atoms with Crippen LogP contribution < -0.4 is 5.32 Å². The maximum atomic E-state index is 4.78. The van der Waals surface area contributed by atoms with E-state index in [1.54, 1.807) is 0 Å². The summed E-state index contributed by atoms with van der Waals surface area (Å²) in [6.07, 6.45) is 2.62. The van der Waals surface area contributed by atoms with Gasteiger partial charge >= 0.3 is 0 Å². The molecule has 0 radical (unpaired) electrons. The molecule has 3 nitrogen and oxygen atoms in total. The predicted octanol–water partition coefficient (Wildman–Crippen LogP) is 3.75. The fourth-order valence-corrected chi connectivity index (χ4v) is 3.37. The van der Waals surface area contributed by atoms with E-state index in [2.05, 4.69) is 55.3 Å². The third kappa shape index (κ3) is 3.03. The van der Waals surface area contributed by atoms with Crippen LogP contribution in [0.4, 0.5) is 5.82 Å². The molecule has 1 unspecified atom stereocenters. The van der Waals surface area contributed by atoms with Gasteiger partial charge < -0.3 is 5.32 Å². The summed E-state index contributed by atoms with van der Waals surface area (Å²) in [7, 11) is 0. The van der Waals surface area contributed by atoms with Crippen LogP contribution in [-0.2, 0) is 0 Å². The van der Waals surface area contributed by atoms with Crippen molar-refractivity contribution in [2.24, 2.45) is 0 Å². The van der Waals surface area contributed by atoms with E-state index in [1.165, 1.54) is 35.9 Å². The van der Waals surface area contributed by atoms with Crippen LogP contribution in [0, 0.1) is 13.8 Å². The number of fused-ring (bicyclic) bond motifs is 1. The van der Waals surface area contributed by atoms with Crippen molar-refractivity contribution in [1.29, 1.82) is 0 Å². The van der Waals surface area contributed by atoms with Gasteiger partial charge in [-0.3, -0.25) is 4.90 Å². The zero-order valence-corrected chi connectivity index (χ0v) is 13.3. The third-order valence-electron chi connectivity index (χ3n) is 4.60. The Bertz CT molecular complexity index is 636. The molecule has 0 amide bonds. The van der Waals surface area contributed by atoms with Crippen molar-refractivity contribution in [2.75, 3.05) is 25.0 Å².